The molecule has 0 spiro atoms. The number of aromatic nitrogens is 2. The third kappa shape index (κ3) is 3.81. The summed E-state index contributed by atoms with van der Waals surface area (Å²) in [7, 11) is 0. The average Bonchev–Trinajstić information content (AvgIpc) is 2.95. The van der Waals surface area contributed by atoms with E-state index in [0.717, 1.165) is 0 Å². The van der Waals surface area contributed by atoms with Gasteiger partial charge in [-0.15, -0.1) is 0 Å². The molecule has 2 N–H and O–H groups in total. The van der Waals surface area contributed by atoms with Crippen molar-refractivity contribution in [2.75, 3.05) is 6.54 Å². The Balaban J connectivity index is 1.63. The molecule has 6 nitrogen and oxygen atoms in total. The Bertz CT molecular complexity index is 371. The molecule has 6 heteroatoms. The van der Waals surface area contributed by atoms with Crippen molar-refractivity contribution in [1.29, 1.82) is 0 Å². The zero-order valence-electron chi connectivity index (χ0n) is 10.0. The smallest absolute Gasteiger partial charge is 0.246 e. The van der Waals surface area contributed by atoms with Crippen molar-refractivity contribution in [1.82, 2.24) is 20.8 Å². The summed E-state index contributed by atoms with van der Waals surface area (Å²) < 4.78 is 4.90. The maximum Gasteiger partial charge on any atom is 0.246 e. The Morgan fingerprint density at radius 3 is 2.88 bits per heavy atom. The zero-order chi connectivity index (χ0) is 12.1. The van der Waals surface area contributed by atoms with Crippen LogP contribution in [0, 0.1) is 6.92 Å². The summed E-state index contributed by atoms with van der Waals surface area (Å²) in [6, 6.07) is 0.506. The molecule has 1 fully saturated rings. The van der Waals surface area contributed by atoms with Gasteiger partial charge in [-0.05, 0) is 19.8 Å². The molecule has 1 aromatic heterocycles. The quantitative estimate of drug-likeness (QED) is 0.782. The van der Waals surface area contributed by atoms with Gasteiger partial charge >= 0.3 is 0 Å². The SMILES string of the molecule is Cc1noc(CNC(=O)CNC2CCCC2)n1. The van der Waals surface area contributed by atoms with Crippen LogP contribution in [0.25, 0.3) is 0 Å². The molecule has 2 rings (SSSR count). The van der Waals surface area contributed by atoms with Crippen LogP contribution < -0.4 is 10.6 Å². The van der Waals surface area contributed by atoms with Crippen LogP contribution in [-0.4, -0.2) is 28.6 Å². The van der Waals surface area contributed by atoms with Gasteiger partial charge in [0.25, 0.3) is 0 Å². The van der Waals surface area contributed by atoms with Crippen molar-refractivity contribution in [3.05, 3.63) is 11.7 Å². The largest absolute Gasteiger partial charge is 0.346 e. The van der Waals surface area contributed by atoms with Crippen molar-refractivity contribution in [2.24, 2.45) is 0 Å². The van der Waals surface area contributed by atoms with Crippen LogP contribution in [0.3, 0.4) is 0 Å². The van der Waals surface area contributed by atoms with E-state index in [2.05, 4.69) is 20.8 Å². The number of carbonyl (C=O) groups excluding carboxylic acids is 1. The van der Waals surface area contributed by atoms with Gasteiger partial charge in [0.2, 0.25) is 11.8 Å². The Morgan fingerprint density at radius 2 is 2.24 bits per heavy atom. The van der Waals surface area contributed by atoms with Crippen LogP contribution in [0.4, 0.5) is 0 Å². The molecule has 1 aromatic rings. The highest BCUT2D eigenvalue weighted by Crippen LogP contribution is 2.17. The number of hydrogen-bond acceptors (Lipinski definition) is 5. The minimum absolute atomic E-state index is 0.0345. The topological polar surface area (TPSA) is 80.0 Å². The molecule has 94 valence electrons. The molecular formula is C11H18N4O2. The first-order chi connectivity index (χ1) is 8.24. The minimum atomic E-state index is -0.0345. The third-order valence-electron chi connectivity index (χ3n) is 2.91. The van der Waals surface area contributed by atoms with E-state index in [4.69, 9.17) is 4.52 Å². The lowest BCUT2D eigenvalue weighted by Crippen LogP contribution is -2.37. The van der Waals surface area contributed by atoms with E-state index in [1.165, 1.54) is 25.7 Å². The summed E-state index contributed by atoms with van der Waals surface area (Å²) >= 11 is 0. The van der Waals surface area contributed by atoms with Gasteiger partial charge in [-0.3, -0.25) is 4.79 Å². The van der Waals surface area contributed by atoms with Crippen LogP contribution in [-0.2, 0) is 11.3 Å². The minimum Gasteiger partial charge on any atom is -0.346 e. The highest BCUT2D eigenvalue weighted by molar-refractivity contribution is 5.77. The van der Waals surface area contributed by atoms with Gasteiger partial charge in [0.1, 0.15) is 0 Å². The predicted octanol–water partition coefficient (Wildman–Crippen LogP) is 0.526. The molecule has 17 heavy (non-hydrogen) atoms. The Hall–Kier alpha value is -1.43. The van der Waals surface area contributed by atoms with E-state index >= 15 is 0 Å². The second-order valence-corrected chi connectivity index (χ2v) is 4.37. The molecule has 1 amide bonds. The number of nitrogens with zero attached hydrogens (tertiary/aromatic N) is 2. The van der Waals surface area contributed by atoms with E-state index in [0.29, 0.717) is 30.8 Å². The second kappa shape index (κ2) is 5.77. The summed E-state index contributed by atoms with van der Waals surface area (Å²) in [4.78, 5) is 15.5. The van der Waals surface area contributed by atoms with Crippen molar-refractivity contribution >= 4 is 5.91 Å². The first-order valence-corrected chi connectivity index (χ1v) is 6.03. The first-order valence-electron chi connectivity index (χ1n) is 6.03. The molecule has 0 radical (unpaired) electrons. The Kier molecular flexibility index (Phi) is 4.08. The highest BCUT2D eigenvalue weighted by Gasteiger charge is 2.15. The number of carbonyl (C=O) groups is 1. The van der Waals surface area contributed by atoms with E-state index in [-0.39, 0.29) is 5.91 Å². The summed E-state index contributed by atoms with van der Waals surface area (Å²) in [5.74, 6) is 0.989. The van der Waals surface area contributed by atoms with Crippen LogP contribution in [0.15, 0.2) is 4.52 Å². The van der Waals surface area contributed by atoms with Crippen molar-refractivity contribution < 1.29 is 9.32 Å². The third-order valence-corrected chi connectivity index (χ3v) is 2.91. The average molecular weight is 238 g/mol. The lowest BCUT2D eigenvalue weighted by Gasteiger charge is -2.10. The first kappa shape index (κ1) is 12.0. The van der Waals surface area contributed by atoms with Crippen LogP contribution in [0.5, 0.6) is 0 Å². The van der Waals surface area contributed by atoms with Gasteiger partial charge in [-0.1, -0.05) is 18.0 Å². The standard InChI is InChI=1S/C11H18N4O2/c1-8-14-11(17-15-8)7-13-10(16)6-12-9-4-2-3-5-9/h9,12H,2-7H2,1H3,(H,13,16). The molecule has 1 aliphatic carbocycles. The van der Waals surface area contributed by atoms with Crippen LogP contribution in [0.1, 0.15) is 37.4 Å². The molecular weight excluding hydrogens is 220 g/mol. The molecule has 0 aromatic carbocycles. The Morgan fingerprint density at radius 1 is 1.47 bits per heavy atom. The van der Waals surface area contributed by atoms with E-state index in [9.17, 15) is 4.79 Å². The van der Waals surface area contributed by atoms with Crippen molar-refractivity contribution in [3.63, 3.8) is 0 Å². The van der Waals surface area contributed by atoms with Gasteiger partial charge in [0, 0.05) is 6.04 Å². The number of nitrogens with one attached hydrogen (secondary N) is 2. The zero-order valence-corrected chi connectivity index (χ0v) is 10.0. The number of hydrogen-bond donors (Lipinski definition) is 2. The maximum atomic E-state index is 11.5. The van der Waals surface area contributed by atoms with E-state index < -0.39 is 0 Å². The lowest BCUT2D eigenvalue weighted by atomic mass is 10.2. The van der Waals surface area contributed by atoms with Gasteiger partial charge < -0.3 is 15.2 Å². The molecule has 0 bridgehead atoms. The van der Waals surface area contributed by atoms with E-state index in [1.54, 1.807) is 6.92 Å². The summed E-state index contributed by atoms with van der Waals surface area (Å²) in [5.41, 5.74) is 0. The van der Waals surface area contributed by atoms with Crippen molar-refractivity contribution in [3.8, 4) is 0 Å². The summed E-state index contributed by atoms with van der Waals surface area (Å²) in [6.45, 7) is 2.40. The van der Waals surface area contributed by atoms with E-state index in [1.807, 2.05) is 0 Å². The number of aryl methyl sites for hydroxylation is 1. The van der Waals surface area contributed by atoms with Gasteiger partial charge in [0.05, 0.1) is 13.1 Å². The predicted molar refractivity (Wildman–Crippen MR) is 61.1 cm³/mol. The van der Waals surface area contributed by atoms with Crippen LogP contribution in [0.2, 0.25) is 0 Å². The van der Waals surface area contributed by atoms with Gasteiger partial charge in [-0.2, -0.15) is 4.98 Å². The van der Waals surface area contributed by atoms with Gasteiger partial charge in [-0.25, -0.2) is 0 Å². The lowest BCUT2D eigenvalue weighted by molar-refractivity contribution is -0.120. The van der Waals surface area contributed by atoms with Crippen LogP contribution >= 0.6 is 0 Å². The summed E-state index contributed by atoms with van der Waals surface area (Å²) in [5, 5.41) is 9.63. The second-order valence-electron chi connectivity index (χ2n) is 4.37. The molecule has 1 saturated carbocycles. The fourth-order valence-corrected chi connectivity index (χ4v) is 2.02. The monoisotopic (exact) mass is 238 g/mol. The fourth-order valence-electron chi connectivity index (χ4n) is 2.02. The molecule has 0 aliphatic heterocycles. The number of rotatable bonds is 5. The highest BCUT2D eigenvalue weighted by atomic mass is 16.5. The Labute approximate surface area is 100 Å². The molecule has 0 saturated heterocycles. The summed E-state index contributed by atoms with van der Waals surface area (Å²) in [6.07, 6.45) is 4.88. The fraction of sp³-hybridized carbons (Fsp3) is 0.727. The normalized spacial score (nSPS) is 16.3. The maximum absolute atomic E-state index is 11.5. The molecule has 0 atom stereocenters. The van der Waals surface area contributed by atoms with Crippen molar-refractivity contribution in [2.45, 2.75) is 45.2 Å². The number of amides is 1. The van der Waals surface area contributed by atoms with Gasteiger partial charge in [0.15, 0.2) is 5.82 Å². The molecule has 1 aliphatic rings. The molecule has 0 unspecified atom stereocenters. The molecule has 1 heterocycles.